The SMILES string of the molecule is CC(C)c1cc2cc3cc(C(C)C)[nH]c3nc2[nH]1. The number of aromatic amines is 2. The normalized spacial score (nSPS) is 12.3. The number of aromatic nitrogens is 3. The summed E-state index contributed by atoms with van der Waals surface area (Å²) in [4.78, 5) is 11.5. The van der Waals surface area contributed by atoms with Crippen molar-refractivity contribution in [1.82, 2.24) is 15.0 Å². The Kier molecular flexibility index (Phi) is 2.44. The molecule has 0 unspecified atom stereocenters. The van der Waals surface area contributed by atoms with Crippen molar-refractivity contribution in [2.75, 3.05) is 0 Å². The molecule has 18 heavy (non-hydrogen) atoms. The van der Waals surface area contributed by atoms with Gasteiger partial charge in [-0.1, -0.05) is 27.7 Å². The molecule has 2 N–H and O–H groups in total. The summed E-state index contributed by atoms with van der Waals surface area (Å²) in [6, 6.07) is 6.62. The van der Waals surface area contributed by atoms with Gasteiger partial charge in [0, 0.05) is 22.2 Å². The maximum Gasteiger partial charge on any atom is 0.139 e. The summed E-state index contributed by atoms with van der Waals surface area (Å²) in [7, 11) is 0. The van der Waals surface area contributed by atoms with E-state index in [9.17, 15) is 0 Å². The number of hydrogen-bond donors (Lipinski definition) is 2. The van der Waals surface area contributed by atoms with Crippen molar-refractivity contribution in [3.8, 4) is 0 Å². The third-order valence-corrected chi connectivity index (χ3v) is 3.47. The molecule has 0 fully saturated rings. The van der Waals surface area contributed by atoms with Gasteiger partial charge in [0.1, 0.15) is 11.3 Å². The molecule has 0 atom stereocenters. The summed E-state index contributed by atoms with van der Waals surface area (Å²) in [5, 5.41) is 2.39. The van der Waals surface area contributed by atoms with E-state index in [1.54, 1.807) is 0 Å². The van der Waals surface area contributed by atoms with Gasteiger partial charge in [-0.15, -0.1) is 0 Å². The molecule has 3 rings (SSSR count). The Balaban J connectivity index is 2.21. The fourth-order valence-corrected chi connectivity index (χ4v) is 2.27. The number of nitrogens with one attached hydrogen (secondary N) is 2. The van der Waals surface area contributed by atoms with Crippen LogP contribution in [-0.2, 0) is 0 Å². The average molecular weight is 241 g/mol. The predicted octanol–water partition coefficient (Wildman–Crippen LogP) is 4.29. The van der Waals surface area contributed by atoms with Gasteiger partial charge in [-0.25, -0.2) is 4.98 Å². The molecule has 3 aromatic heterocycles. The Bertz CT molecular complexity index is 592. The number of H-pyrrole nitrogens is 2. The van der Waals surface area contributed by atoms with E-state index in [2.05, 4.69) is 60.8 Å². The summed E-state index contributed by atoms with van der Waals surface area (Å²) in [6.07, 6.45) is 0. The first-order valence-corrected chi connectivity index (χ1v) is 6.57. The zero-order chi connectivity index (χ0) is 12.9. The quantitative estimate of drug-likeness (QED) is 0.690. The van der Waals surface area contributed by atoms with Crippen LogP contribution in [0, 0.1) is 0 Å². The lowest BCUT2D eigenvalue weighted by molar-refractivity contribution is 0.833. The first-order chi connectivity index (χ1) is 8.54. The Morgan fingerprint density at radius 1 is 0.778 bits per heavy atom. The minimum Gasteiger partial charge on any atom is -0.343 e. The van der Waals surface area contributed by atoms with Crippen LogP contribution < -0.4 is 0 Å². The number of hydrogen-bond acceptors (Lipinski definition) is 1. The van der Waals surface area contributed by atoms with E-state index >= 15 is 0 Å². The highest BCUT2D eigenvalue weighted by Gasteiger charge is 2.10. The van der Waals surface area contributed by atoms with E-state index in [0.29, 0.717) is 11.8 Å². The summed E-state index contributed by atoms with van der Waals surface area (Å²) in [5.74, 6) is 1.01. The number of nitrogens with zero attached hydrogens (tertiary/aromatic N) is 1. The van der Waals surface area contributed by atoms with Crippen LogP contribution in [0.1, 0.15) is 50.9 Å². The van der Waals surface area contributed by atoms with Gasteiger partial charge in [0.05, 0.1) is 0 Å². The van der Waals surface area contributed by atoms with Gasteiger partial charge >= 0.3 is 0 Å². The van der Waals surface area contributed by atoms with Crippen LogP contribution in [0.3, 0.4) is 0 Å². The van der Waals surface area contributed by atoms with Crippen molar-refractivity contribution < 1.29 is 0 Å². The number of rotatable bonds is 2. The highest BCUT2D eigenvalue weighted by Crippen LogP contribution is 2.25. The van der Waals surface area contributed by atoms with E-state index in [0.717, 1.165) is 11.3 Å². The molecule has 3 nitrogen and oxygen atoms in total. The molecule has 94 valence electrons. The lowest BCUT2D eigenvalue weighted by atomic mass is 10.1. The molecule has 0 aliphatic rings. The van der Waals surface area contributed by atoms with Crippen molar-refractivity contribution >= 4 is 22.1 Å². The molecular weight excluding hydrogens is 222 g/mol. The van der Waals surface area contributed by atoms with Gasteiger partial charge < -0.3 is 9.97 Å². The van der Waals surface area contributed by atoms with Crippen molar-refractivity contribution in [1.29, 1.82) is 0 Å². The van der Waals surface area contributed by atoms with Crippen LogP contribution in [-0.4, -0.2) is 15.0 Å². The molecule has 0 spiro atoms. The van der Waals surface area contributed by atoms with Gasteiger partial charge in [-0.05, 0) is 30.0 Å². The number of fused-ring (bicyclic) bond motifs is 2. The summed E-state index contributed by atoms with van der Waals surface area (Å²) in [6.45, 7) is 8.75. The van der Waals surface area contributed by atoms with Gasteiger partial charge in [0.15, 0.2) is 0 Å². The second-order valence-electron chi connectivity index (χ2n) is 5.62. The fraction of sp³-hybridized carbons (Fsp3) is 0.400. The third kappa shape index (κ3) is 1.70. The van der Waals surface area contributed by atoms with Crippen LogP contribution in [0.4, 0.5) is 0 Å². The maximum absolute atomic E-state index is 4.67. The standard InChI is InChI=1S/C15H19N3/c1-8(2)12-6-10-5-11-7-13(9(3)4)17-15(11)18-14(10)16-12/h5-9H,1-4H3,(H2,16,17,18). The first kappa shape index (κ1) is 11.3. The zero-order valence-corrected chi connectivity index (χ0v) is 11.3. The second-order valence-corrected chi connectivity index (χ2v) is 5.62. The van der Waals surface area contributed by atoms with Gasteiger partial charge in [-0.2, -0.15) is 0 Å². The largest absolute Gasteiger partial charge is 0.343 e. The van der Waals surface area contributed by atoms with Gasteiger partial charge in [0.25, 0.3) is 0 Å². The van der Waals surface area contributed by atoms with E-state index in [4.69, 9.17) is 0 Å². The van der Waals surface area contributed by atoms with Crippen molar-refractivity contribution in [2.24, 2.45) is 0 Å². The highest BCUT2D eigenvalue weighted by atomic mass is 14.9. The van der Waals surface area contributed by atoms with Crippen LogP contribution in [0.15, 0.2) is 18.2 Å². The van der Waals surface area contributed by atoms with Crippen LogP contribution in [0.25, 0.3) is 22.1 Å². The fourth-order valence-electron chi connectivity index (χ4n) is 2.27. The van der Waals surface area contributed by atoms with E-state index in [-0.39, 0.29) is 0 Å². The molecule has 0 amide bonds. The second kappa shape index (κ2) is 3.87. The molecule has 3 aromatic rings. The molecule has 0 bridgehead atoms. The lowest BCUT2D eigenvalue weighted by Gasteiger charge is -1.98. The Morgan fingerprint density at radius 3 is 1.61 bits per heavy atom. The van der Waals surface area contributed by atoms with Crippen molar-refractivity contribution in [2.45, 2.75) is 39.5 Å². The number of pyridine rings is 1. The lowest BCUT2D eigenvalue weighted by Crippen LogP contribution is -1.87. The average Bonchev–Trinajstić information content (AvgIpc) is 2.87. The molecule has 3 heterocycles. The topological polar surface area (TPSA) is 44.5 Å². The third-order valence-electron chi connectivity index (χ3n) is 3.47. The molecule has 0 saturated heterocycles. The Hall–Kier alpha value is -1.77. The van der Waals surface area contributed by atoms with Crippen LogP contribution in [0.2, 0.25) is 0 Å². The molecular formula is C15H19N3. The summed E-state index contributed by atoms with van der Waals surface area (Å²) in [5.41, 5.74) is 4.44. The molecule has 3 heteroatoms. The molecule has 0 aromatic carbocycles. The van der Waals surface area contributed by atoms with E-state index in [1.807, 2.05) is 0 Å². The van der Waals surface area contributed by atoms with Crippen LogP contribution >= 0.6 is 0 Å². The van der Waals surface area contributed by atoms with Crippen molar-refractivity contribution in [3.05, 3.63) is 29.6 Å². The predicted molar refractivity (Wildman–Crippen MR) is 76.1 cm³/mol. The molecule has 0 aliphatic heterocycles. The molecule has 0 radical (unpaired) electrons. The Labute approximate surface area is 107 Å². The molecule has 0 saturated carbocycles. The van der Waals surface area contributed by atoms with Gasteiger partial charge in [-0.3, -0.25) is 0 Å². The van der Waals surface area contributed by atoms with Crippen LogP contribution in [0.5, 0.6) is 0 Å². The zero-order valence-electron chi connectivity index (χ0n) is 11.3. The van der Waals surface area contributed by atoms with Crippen molar-refractivity contribution in [3.63, 3.8) is 0 Å². The minimum atomic E-state index is 0.503. The van der Waals surface area contributed by atoms with Gasteiger partial charge in [0.2, 0.25) is 0 Å². The van der Waals surface area contributed by atoms with E-state index < -0.39 is 0 Å². The smallest absolute Gasteiger partial charge is 0.139 e. The minimum absolute atomic E-state index is 0.503. The molecule has 0 aliphatic carbocycles. The first-order valence-electron chi connectivity index (χ1n) is 6.57. The maximum atomic E-state index is 4.67. The summed E-state index contributed by atoms with van der Waals surface area (Å²) < 4.78 is 0. The highest BCUT2D eigenvalue weighted by molar-refractivity contribution is 5.90. The summed E-state index contributed by atoms with van der Waals surface area (Å²) >= 11 is 0. The monoisotopic (exact) mass is 241 g/mol. The Morgan fingerprint density at radius 2 is 1.22 bits per heavy atom. The van der Waals surface area contributed by atoms with E-state index in [1.165, 1.54) is 22.2 Å².